The molecule has 1 saturated heterocycles. The number of methoxy groups -OCH3 is 1. The van der Waals surface area contributed by atoms with Gasteiger partial charge in [-0.25, -0.2) is 4.98 Å². The van der Waals surface area contributed by atoms with Crippen LogP contribution in [0.15, 0.2) is 48.5 Å². The second-order valence-corrected chi connectivity index (χ2v) is 7.92. The third-order valence-corrected chi connectivity index (χ3v) is 5.92. The molecule has 6 heteroatoms. The average Bonchev–Trinajstić information content (AvgIpc) is 3.34. The maximum atomic E-state index is 13.3. The van der Waals surface area contributed by atoms with Gasteiger partial charge >= 0.3 is 0 Å². The van der Waals surface area contributed by atoms with E-state index < -0.39 is 0 Å². The minimum absolute atomic E-state index is 0.136. The summed E-state index contributed by atoms with van der Waals surface area (Å²) in [6.45, 7) is 1.14. The van der Waals surface area contributed by atoms with Gasteiger partial charge in [-0.15, -0.1) is 0 Å². The van der Waals surface area contributed by atoms with Crippen molar-refractivity contribution >= 4 is 28.7 Å². The molecular formula is C22H25N3O2S. The number of hydrogen-bond donors (Lipinski definition) is 0. The SMILES string of the molecule is COc1ccc([C@H]2CCCN2C(=O)Cn2c(CSC)nc3ccccc32)cc1. The number of benzene rings is 2. The minimum Gasteiger partial charge on any atom is -0.497 e. The van der Waals surface area contributed by atoms with Gasteiger partial charge in [-0.1, -0.05) is 24.3 Å². The van der Waals surface area contributed by atoms with Gasteiger partial charge in [0, 0.05) is 6.54 Å². The number of nitrogens with zero attached hydrogens (tertiary/aromatic N) is 3. The van der Waals surface area contributed by atoms with Crippen LogP contribution in [0.4, 0.5) is 0 Å². The molecule has 1 aliphatic rings. The van der Waals surface area contributed by atoms with Gasteiger partial charge in [0.2, 0.25) is 5.91 Å². The molecule has 0 radical (unpaired) electrons. The molecule has 0 bridgehead atoms. The Morgan fingerprint density at radius 2 is 2.00 bits per heavy atom. The molecule has 1 atom stereocenters. The molecule has 3 aromatic rings. The third-order valence-electron chi connectivity index (χ3n) is 5.37. The number of imidazole rings is 1. The van der Waals surface area contributed by atoms with Crippen LogP contribution in [0.5, 0.6) is 5.75 Å². The van der Waals surface area contributed by atoms with Crippen LogP contribution in [-0.2, 0) is 17.1 Å². The second kappa shape index (κ2) is 8.27. The van der Waals surface area contributed by atoms with Crippen molar-refractivity contribution in [3.63, 3.8) is 0 Å². The zero-order chi connectivity index (χ0) is 19.5. The molecule has 0 N–H and O–H groups in total. The van der Waals surface area contributed by atoms with Gasteiger partial charge < -0.3 is 14.2 Å². The number of carbonyl (C=O) groups excluding carboxylic acids is 1. The Kier molecular flexibility index (Phi) is 5.57. The lowest BCUT2D eigenvalue weighted by molar-refractivity contribution is -0.132. The van der Waals surface area contributed by atoms with Gasteiger partial charge in [-0.3, -0.25) is 4.79 Å². The monoisotopic (exact) mass is 395 g/mol. The minimum atomic E-state index is 0.136. The number of carbonyl (C=O) groups is 1. The Hall–Kier alpha value is -2.47. The van der Waals surface area contributed by atoms with Gasteiger partial charge in [0.25, 0.3) is 0 Å². The van der Waals surface area contributed by atoms with E-state index in [2.05, 4.69) is 23.0 Å². The van der Waals surface area contributed by atoms with E-state index in [0.717, 1.165) is 47.7 Å². The van der Waals surface area contributed by atoms with Gasteiger partial charge in [-0.2, -0.15) is 11.8 Å². The number of para-hydroxylation sites is 2. The van der Waals surface area contributed by atoms with Gasteiger partial charge in [0.15, 0.2) is 0 Å². The van der Waals surface area contributed by atoms with E-state index in [1.807, 2.05) is 41.3 Å². The first-order valence-electron chi connectivity index (χ1n) is 9.57. The molecule has 1 aliphatic heterocycles. The number of likely N-dealkylation sites (tertiary alicyclic amines) is 1. The first-order valence-corrected chi connectivity index (χ1v) is 11.0. The van der Waals surface area contributed by atoms with E-state index in [9.17, 15) is 4.79 Å². The topological polar surface area (TPSA) is 47.4 Å². The summed E-state index contributed by atoms with van der Waals surface area (Å²) in [7, 11) is 1.67. The summed E-state index contributed by atoms with van der Waals surface area (Å²) < 4.78 is 7.34. The molecule has 1 fully saturated rings. The van der Waals surface area contributed by atoms with Crippen molar-refractivity contribution in [2.75, 3.05) is 19.9 Å². The molecule has 0 saturated carbocycles. The van der Waals surface area contributed by atoms with Crippen LogP contribution < -0.4 is 4.74 Å². The van der Waals surface area contributed by atoms with E-state index in [1.165, 1.54) is 5.56 Å². The van der Waals surface area contributed by atoms with E-state index >= 15 is 0 Å². The van der Waals surface area contributed by atoms with Crippen molar-refractivity contribution in [3.05, 3.63) is 59.9 Å². The quantitative estimate of drug-likeness (QED) is 0.625. The fourth-order valence-electron chi connectivity index (χ4n) is 4.01. The number of amides is 1. The lowest BCUT2D eigenvalue weighted by atomic mass is 10.0. The fourth-order valence-corrected chi connectivity index (χ4v) is 4.48. The molecule has 2 heterocycles. The van der Waals surface area contributed by atoms with Gasteiger partial charge in [-0.05, 0) is 48.9 Å². The predicted molar refractivity (Wildman–Crippen MR) is 114 cm³/mol. The Balaban J connectivity index is 1.59. The first kappa shape index (κ1) is 18.9. The van der Waals surface area contributed by atoms with Crippen molar-refractivity contribution in [1.29, 1.82) is 0 Å². The summed E-state index contributed by atoms with van der Waals surface area (Å²) in [5.41, 5.74) is 3.15. The van der Waals surface area contributed by atoms with Crippen LogP contribution in [0, 0.1) is 0 Å². The van der Waals surface area contributed by atoms with Crippen LogP contribution in [0.2, 0.25) is 0 Å². The van der Waals surface area contributed by atoms with Gasteiger partial charge in [0.05, 0.1) is 29.9 Å². The Morgan fingerprint density at radius 3 is 2.75 bits per heavy atom. The molecule has 0 spiro atoms. The number of aromatic nitrogens is 2. The van der Waals surface area contributed by atoms with Crippen LogP contribution >= 0.6 is 11.8 Å². The number of hydrogen-bond acceptors (Lipinski definition) is 4. The van der Waals surface area contributed by atoms with E-state index in [1.54, 1.807) is 18.9 Å². The summed E-state index contributed by atoms with van der Waals surface area (Å²) in [6, 6.07) is 16.3. The molecule has 0 aliphatic carbocycles. The van der Waals surface area contributed by atoms with Crippen LogP contribution in [0.3, 0.4) is 0 Å². The predicted octanol–water partition coefficient (Wildman–Crippen LogP) is 4.27. The highest BCUT2D eigenvalue weighted by molar-refractivity contribution is 7.97. The molecule has 1 amide bonds. The Morgan fingerprint density at radius 1 is 1.21 bits per heavy atom. The summed E-state index contributed by atoms with van der Waals surface area (Å²) in [4.78, 5) is 20.0. The second-order valence-electron chi connectivity index (χ2n) is 7.05. The zero-order valence-corrected chi connectivity index (χ0v) is 17.1. The largest absolute Gasteiger partial charge is 0.497 e. The zero-order valence-electron chi connectivity index (χ0n) is 16.3. The Labute approximate surface area is 169 Å². The van der Waals surface area contributed by atoms with Crippen LogP contribution in [-0.4, -0.2) is 40.3 Å². The summed E-state index contributed by atoms with van der Waals surface area (Å²) in [5, 5.41) is 0. The molecule has 28 heavy (non-hydrogen) atoms. The molecular weight excluding hydrogens is 370 g/mol. The highest BCUT2D eigenvalue weighted by atomic mass is 32.2. The van der Waals surface area contributed by atoms with Crippen LogP contribution in [0.25, 0.3) is 11.0 Å². The van der Waals surface area contributed by atoms with Crippen molar-refractivity contribution in [2.24, 2.45) is 0 Å². The number of fused-ring (bicyclic) bond motifs is 1. The number of rotatable bonds is 6. The van der Waals surface area contributed by atoms with E-state index in [0.29, 0.717) is 6.54 Å². The molecule has 2 aromatic carbocycles. The highest BCUT2D eigenvalue weighted by Crippen LogP contribution is 2.33. The van der Waals surface area contributed by atoms with Crippen molar-refractivity contribution in [3.8, 4) is 5.75 Å². The van der Waals surface area contributed by atoms with Gasteiger partial charge in [0.1, 0.15) is 18.1 Å². The first-order chi connectivity index (χ1) is 13.7. The van der Waals surface area contributed by atoms with Crippen molar-refractivity contribution in [2.45, 2.75) is 31.2 Å². The normalized spacial score (nSPS) is 16.6. The molecule has 0 unspecified atom stereocenters. The van der Waals surface area contributed by atoms with Crippen molar-refractivity contribution in [1.82, 2.24) is 14.5 Å². The molecule has 146 valence electrons. The highest BCUT2D eigenvalue weighted by Gasteiger charge is 2.30. The smallest absolute Gasteiger partial charge is 0.243 e. The lowest BCUT2D eigenvalue weighted by Crippen LogP contribution is -2.33. The van der Waals surface area contributed by atoms with Crippen LogP contribution in [0.1, 0.15) is 30.3 Å². The number of ether oxygens (including phenoxy) is 1. The van der Waals surface area contributed by atoms with Crippen molar-refractivity contribution < 1.29 is 9.53 Å². The lowest BCUT2D eigenvalue weighted by Gasteiger charge is -2.26. The third kappa shape index (κ3) is 3.61. The standard InChI is InChI=1S/C22H25N3O2S/c1-27-17-11-9-16(10-12-17)19-8-5-13-24(19)22(26)14-25-20-7-4-3-6-18(20)23-21(25)15-28-2/h3-4,6-7,9-12,19H,5,8,13-15H2,1-2H3/t19-/m1/s1. The summed E-state index contributed by atoms with van der Waals surface area (Å²) in [5.74, 6) is 2.75. The Bertz CT molecular complexity index is 968. The maximum Gasteiger partial charge on any atom is 0.243 e. The maximum absolute atomic E-state index is 13.3. The van der Waals surface area contributed by atoms with E-state index in [-0.39, 0.29) is 11.9 Å². The fraction of sp³-hybridized carbons (Fsp3) is 0.364. The number of thioether (sulfide) groups is 1. The summed E-state index contributed by atoms with van der Waals surface area (Å²) in [6.07, 6.45) is 4.09. The molecule has 4 rings (SSSR count). The average molecular weight is 396 g/mol. The summed E-state index contributed by atoms with van der Waals surface area (Å²) >= 11 is 1.72. The van der Waals surface area contributed by atoms with E-state index in [4.69, 9.17) is 9.72 Å². The molecule has 1 aromatic heterocycles. The molecule has 5 nitrogen and oxygen atoms in total.